The van der Waals surface area contributed by atoms with Gasteiger partial charge in [-0.1, -0.05) is 12.1 Å². The molecule has 2 aromatic rings. The van der Waals surface area contributed by atoms with E-state index >= 15 is 0 Å². The monoisotopic (exact) mass is 440 g/mol. The summed E-state index contributed by atoms with van der Waals surface area (Å²) in [6.07, 6.45) is 3.48. The van der Waals surface area contributed by atoms with Crippen LogP contribution in [-0.2, 0) is 0 Å². The van der Waals surface area contributed by atoms with Crippen LogP contribution in [0, 0.1) is 0 Å². The van der Waals surface area contributed by atoms with Crippen molar-refractivity contribution in [3.8, 4) is 0 Å². The maximum absolute atomic E-state index is 5.48. The van der Waals surface area contributed by atoms with Crippen LogP contribution in [0.15, 0.2) is 59.0 Å². The summed E-state index contributed by atoms with van der Waals surface area (Å²) in [6.45, 7) is 6.77. The zero-order chi connectivity index (χ0) is 21.3. The van der Waals surface area contributed by atoms with Gasteiger partial charge in [0.25, 0.3) is 0 Å². The number of hydrazone groups is 2. The van der Waals surface area contributed by atoms with E-state index in [2.05, 4.69) is 40.8 Å². The van der Waals surface area contributed by atoms with Crippen molar-refractivity contribution in [3.63, 3.8) is 0 Å². The summed E-state index contributed by atoms with van der Waals surface area (Å²) in [5, 5.41) is 9.88. The molecule has 0 radical (unpaired) electrons. The average Bonchev–Trinajstić information content (AvgIpc) is 2.81. The van der Waals surface area contributed by atoms with E-state index in [0.717, 1.165) is 49.0 Å². The number of nitrogens with one attached hydrogen (secondary N) is 2. The van der Waals surface area contributed by atoms with Gasteiger partial charge < -0.3 is 9.80 Å². The lowest BCUT2D eigenvalue weighted by Gasteiger charge is -2.36. The van der Waals surface area contributed by atoms with Gasteiger partial charge in [0.05, 0.1) is 22.8 Å². The molecule has 0 atom stereocenters. The lowest BCUT2D eigenvalue weighted by atomic mass is 10.3. The van der Waals surface area contributed by atoms with Gasteiger partial charge in [0.1, 0.15) is 0 Å². The molecule has 1 aliphatic heterocycles. The van der Waals surface area contributed by atoms with Gasteiger partial charge in [-0.15, -0.1) is 0 Å². The summed E-state index contributed by atoms with van der Waals surface area (Å²) in [6, 6.07) is 11.4. The molecule has 1 aliphatic rings. The molecular weight excluding hydrogens is 416 g/mol. The van der Waals surface area contributed by atoms with Crippen LogP contribution < -0.4 is 10.9 Å². The van der Waals surface area contributed by atoms with E-state index in [4.69, 9.17) is 24.4 Å². The first-order valence-electron chi connectivity index (χ1n) is 9.56. The van der Waals surface area contributed by atoms with Crippen molar-refractivity contribution >= 4 is 46.1 Å². The molecule has 156 valence electrons. The fourth-order valence-corrected chi connectivity index (χ4v) is 3.24. The molecule has 0 spiro atoms. The molecule has 8 nitrogen and oxygen atoms in total. The quantitative estimate of drug-likeness (QED) is 0.425. The van der Waals surface area contributed by atoms with E-state index in [1.807, 2.05) is 50.2 Å². The first-order valence-corrected chi connectivity index (χ1v) is 10.4. The zero-order valence-corrected chi connectivity index (χ0v) is 18.6. The van der Waals surface area contributed by atoms with Gasteiger partial charge in [-0.2, -0.15) is 10.2 Å². The minimum atomic E-state index is 0.591. The molecule has 2 N–H and O–H groups in total. The van der Waals surface area contributed by atoms with Crippen LogP contribution in [-0.4, -0.2) is 67.6 Å². The first kappa shape index (κ1) is 21.7. The largest absolute Gasteiger partial charge is 0.344 e. The van der Waals surface area contributed by atoms with Gasteiger partial charge in [0, 0.05) is 38.6 Å². The van der Waals surface area contributed by atoms with Crippen LogP contribution in [0.1, 0.15) is 25.2 Å². The molecule has 3 heterocycles. The molecule has 0 aliphatic carbocycles. The summed E-state index contributed by atoms with van der Waals surface area (Å²) in [5.74, 6) is 0. The van der Waals surface area contributed by atoms with Crippen molar-refractivity contribution in [2.75, 3.05) is 26.2 Å². The molecule has 0 bridgehead atoms. The molecule has 0 amide bonds. The highest BCUT2D eigenvalue weighted by Crippen LogP contribution is 2.04. The highest BCUT2D eigenvalue weighted by molar-refractivity contribution is 7.80. The van der Waals surface area contributed by atoms with Gasteiger partial charge in [-0.25, -0.2) is 0 Å². The molecule has 1 saturated heterocycles. The molecule has 3 rings (SSSR count). The number of aromatic nitrogens is 2. The first-order chi connectivity index (χ1) is 14.5. The van der Waals surface area contributed by atoms with Crippen LogP contribution in [0.25, 0.3) is 0 Å². The molecule has 30 heavy (non-hydrogen) atoms. The van der Waals surface area contributed by atoms with E-state index in [0.29, 0.717) is 10.2 Å². The van der Waals surface area contributed by atoms with Crippen molar-refractivity contribution in [2.45, 2.75) is 13.8 Å². The Morgan fingerprint density at radius 2 is 1.17 bits per heavy atom. The molecular formula is C20H24N8S2. The zero-order valence-electron chi connectivity index (χ0n) is 16.9. The maximum Gasteiger partial charge on any atom is 0.189 e. The molecule has 0 aromatic carbocycles. The minimum Gasteiger partial charge on any atom is -0.344 e. The topological polar surface area (TPSA) is 81.0 Å². The third-order valence-corrected chi connectivity index (χ3v) is 5.26. The predicted molar refractivity (Wildman–Crippen MR) is 128 cm³/mol. The third kappa shape index (κ3) is 6.01. The van der Waals surface area contributed by atoms with Crippen LogP contribution in [0.4, 0.5) is 0 Å². The summed E-state index contributed by atoms with van der Waals surface area (Å²) < 4.78 is 0. The fourth-order valence-electron chi connectivity index (χ4n) is 2.79. The maximum atomic E-state index is 5.48. The van der Waals surface area contributed by atoms with Gasteiger partial charge in [0.15, 0.2) is 10.2 Å². The Bertz CT molecular complexity index is 845. The second-order valence-electron chi connectivity index (χ2n) is 6.63. The van der Waals surface area contributed by atoms with Gasteiger partial charge in [-0.05, 0) is 62.5 Å². The highest BCUT2D eigenvalue weighted by Gasteiger charge is 2.20. The normalized spacial score (nSPS) is 15.0. The molecule has 10 heteroatoms. The van der Waals surface area contributed by atoms with Gasteiger partial charge >= 0.3 is 0 Å². The third-order valence-electron chi connectivity index (χ3n) is 4.56. The Morgan fingerprint density at radius 3 is 1.50 bits per heavy atom. The van der Waals surface area contributed by atoms with Crippen LogP contribution >= 0.6 is 24.4 Å². The Hall–Kier alpha value is -2.98. The summed E-state index contributed by atoms with van der Waals surface area (Å²) in [4.78, 5) is 12.7. The number of rotatable bonds is 4. The fraction of sp³-hybridized carbons (Fsp3) is 0.300. The smallest absolute Gasteiger partial charge is 0.189 e. The number of pyridine rings is 2. The predicted octanol–water partition coefficient (Wildman–Crippen LogP) is 1.99. The highest BCUT2D eigenvalue weighted by atomic mass is 32.1. The molecule has 0 unspecified atom stereocenters. The summed E-state index contributed by atoms with van der Waals surface area (Å²) in [7, 11) is 0. The molecule has 0 saturated carbocycles. The number of hydrogen-bond acceptors (Lipinski definition) is 6. The summed E-state index contributed by atoms with van der Waals surface area (Å²) >= 11 is 11.0. The minimum absolute atomic E-state index is 0.591. The standard InChI is InChI=1S/C20H24N8S2/c1-15(17-7-3-5-9-21-17)23-25-19(29)27-11-13-28(14-12-27)20(30)26-24-16(2)18-8-4-6-10-22-18/h3-10H,11-14H2,1-2H3,(H,25,29)(H,26,30). The lowest BCUT2D eigenvalue weighted by molar-refractivity contribution is 0.255. The number of piperazine rings is 1. The Labute approximate surface area is 187 Å². The van der Waals surface area contributed by atoms with Crippen LogP contribution in [0.2, 0.25) is 0 Å². The number of thiocarbonyl (C=S) groups is 2. The van der Waals surface area contributed by atoms with Crippen molar-refractivity contribution in [1.29, 1.82) is 0 Å². The van der Waals surface area contributed by atoms with E-state index in [9.17, 15) is 0 Å². The van der Waals surface area contributed by atoms with E-state index < -0.39 is 0 Å². The van der Waals surface area contributed by atoms with Crippen LogP contribution in [0.5, 0.6) is 0 Å². The van der Waals surface area contributed by atoms with Crippen molar-refractivity contribution in [3.05, 3.63) is 60.2 Å². The van der Waals surface area contributed by atoms with E-state index in [1.165, 1.54) is 0 Å². The average molecular weight is 441 g/mol. The SMILES string of the molecule is CC(=NNC(=S)N1CCN(C(=S)NN=C(C)c2ccccn2)CC1)c1ccccn1. The Balaban J connectivity index is 1.46. The van der Waals surface area contributed by atoms with E-state index in [-0.39, 0.29) is 0 Å². The Morgan fingerprint density at radius 1 is 0.767 bits per heavy atom. The second kappa shape index (κ2) is 10.7. The van der Waals surface area contributed by atoms with Crippen molar-refractivity contribution in [1.82, 2.24) is 30.6 Å². The lowest BCUT2D eigenvalue weighted by Crippen LogP contribution is -2.54. The molecule has 1 fully saturated rings. The number of hydrogen-bond donors (Lipinski definition) is 2. The summed E-state index contributed by atoms with van der Waals surface area (Å²) in [5.41, 5.74) is 9.12. The van der Waals surface area contributed by atoms with Gasteiger partial charge in [-0.3, -0.25) is 20.8 Å². The van der Waals surface area contributed by atoms with Crippen molar-refractivity contribution in [2.24, 2.45) is 10.2 Å². The van der Waals surface area contributed by atoms with Gasteiger partial charge in [0.2, 0.25) is 0 Å². The number of nitrogens with zero attached hydrogens (tertiary/aromatic N) is 6. The van der Waals surface area contributed by atoms with Crippen LogP contribution in [0.3, 0.4) is 0 Å². The van der Waals surface area contributed by atoms with Crippen molar-refractivity contribution < 1.29 is 0 Å². The second-order valence-corrected chi connectivity index (χ2v) is 7.41. The molecule has 2 aromatic heterocycles. The van der Waals surface area contributed by atoms with E-state index in [1.54, 1.807) is 12.4 Å². The Kier molecular flexibility index (Phi) is 7.75.